The highest BCUT2D eigenvalue weighted by atomic mass is 16.6. The number of hydrogen-bond acceptors (Lipinski definition) is 6. The van der Waals surface area contributed by atoms with Crippen LogP contribution in [0.25, 0.3) is 0 Å². The molecular formula is C27H32N2O6. The van der Waals surface area contributed by atoms with Gasteiger partial charge in [-0.1, -0.05) is 55.1 Å². The van der Waals surface area contributed by atoms with Crippen LogP contribution in [-0.2, 0) is 19.7 Å². The first-order valence-electron chi connectivity index (χ1n) is 11.5. The van der Waals surface area contributed by atoms with Gasteiger partial charge in [0.15, 0.2) is 0 Å². The van der Waals surface area contributed by atoms with Gasteiger partial charge in [0.1, 0.15) is 17.9 Å². The number of carbonyl (C=O) groups is 3. The van der Waals surface area contributed by atoms with E-state index >= 15 is 0 Å². The fourth-order valence-corrected chi connectivity index (χ4v) is 4.63. The number of nitrogens with one attached hydrogen (secondary N) is 2. The Morgan fingerprint density at radius 1 is 0.971 bits per heavy atom. The molecule has 0 atom stereocenters. The van der Waals surface area contributed by atoms with Crippen molar-refractivity contribution in [2.24, 2.45) is 0 Å². The van der Waals surface area contributed by atoms with Gasteiger partial charge in [-0.2, -0.15) is 0 Å². The lowest BCUT2D eigenvalue weighted by Crippen LogP contribution is -2.60. The Balaban J connectivity index is 1.83. The molecule has 3 rings (SSSR count). The highest BCUT2D eigenvalue weighted by Gasteiger charge is 2.50. The Hall–Kier alpha value is -3.81. The third kappa shape index (κ3) is 5.82. The minimum atomic E-state index is -1.21. The fraction of sp³-hybridized carbons (Fsp3) is 0.370. The molecule has 1 saturated carbocycles. The third-order valence-electron chi connectivity index (χ3n) is 6.64. The van der Waals surface area contributed by atoms with Crippen molar-refractivity contribution in [3.63, 3.8) is 0 Å². The molecule has 0 aliphatic heterocycles. The predicted octanol–water partition coefficient (Wildman–Crippen LogP) is 3.76. The summed E-state index contributed by atoms with van der Waals surface area (Å²) in [5, 5.41) is 5.79. The van der Waals surface area contributed by atoms with Crippen LogP contribution in [0.15, 0.2) is 67.3 Å². The lowest BCUT2D eigenvalue weighted by Gasteiger charge is -2.45. The van der Waals surface area contributed by atoms with E-state index in [0.29, 0.717) is 43.5 Å². The van der Waals surface area contributed by atoms with Crippen molar-refractivity contribution in [1.29, 1.82) is 0 Å². The number of hydrogen-bond donors (Lipinski definition) is 2. The molecule has 2 amide bonds. The number of rotatable bonds is 9. The van der Waals surface area contributed by atoms with Crippen LogP contribution in [0.3, 0.4) is 0 Å². The summed E-state index contributed by atoms with van der Waals surface area (Å²) in [6.45, 7) is 3.92. The maximum Gasteiger partial charge on any atom is 0.408 e. The number of benzene rings is 2. The van der Waals surface area contributed by atoms with Gasteiger partial charge in [-0.05, 0) is 43.4 Å². The van der Waals surface area contributed by atoms with E-state index in [1.54, 1.807) is 18.2 Å². The minimum Gasteiger partial charge on any atom is -0.496 e. The number of amides is 2. The van der Waals surface area contributed by atoms with Crippen LogP contribution in [0.4, 0.5) is 4.79 Å². The Morgan fingerprint density at radius 3 is 2.26 bits per heavy atom. The van der Waals surface area contributed by atoms with Crippen molar-refractivity contribution < 1.29 is 28.6 Å². The van der Waals surface area contributed by atoms with Gasteiger partial charge in [-0.15, -0.1) is 0 Å². The van der Waals surface area contributed by atoms with E-state index in [-0.39, 0.29) is 12.5 Å². The molecule has 8 nitrogen and oxygen atoms in total. The smallest absolute Gasteiger partial charge is 0.408 e. The van der Waals surface area contributed by atoms with Crippen molar-refractivity contribution in [2.75, 3.05) is 27.4 Å². The average molecular weight is 481 g/mol. The molecular weight excluding hydrogens is 448 g/mol. The second-order valence-corrected chi connectivity index (χ2v) is 8.62. The molecule has 2 aromatic carbocycles. The summed E-state index contributed by atoms with van der Waals surface area (Å²) in [7, 11) is 2.82. The Labute approximate surface area is 205 Å². The summed E-state index contributed by atoms with van der Waals surface area (Å²) in [6.07, 6.45) is 2.45. The van der Waals surface area contributed by atoms with E-state index in [1.807, 2.05) is 36.4 Å². The molecule has 1 fully saturated rings. The highest BCUT2D eigenvalue weighted by molar-refractivity contribution is 5.97. The number of alkyl carbamates (subject to hydrolysis) is 1. The second-order valence-electron chi connectivity index (χ2n) is 8.62. The summed E-state index contributed by atoms with van der Waals surface area (Å²) < 4.78 is 15.4. The number of esters is 1. The number of para-hydroxylation sites is 1. The SMILES string of the molecule is C=CCOC(=O)N[C@]1(C(=O)OC)CC[C@](CNC(=O)c2ccccc2OC)(c2ccccc2)CC1. The van der Waals surface area contributed by atoms with Gasteiger partial charge in [0.2, 0.25) is 0 Å². The van der Waals surface area contributed by atoms with Crippen LogP contribution in [0, 0.1) is 0 Å². The van der Waals surface area contributed by atoms with Crippen LogP contribution in [0.5, 0.6) is 5.75 Å². The summed E-state index contributed by atoms with van der Waals surface area (Å²) in [4.78, 5) is 38.1. The summed E-state index contributed by atoms with van der Waals surface area (Å²) >= 11 is 0. The molecule has 1 aliphatic rings. The van der Waals surface area contributed by atoms with Gasteiger partial charge in [0.25, 0.3) is 5.91 Å². The van der Waals surface area contributed by atoms with Gasteiger partial charge in [0.05, 0.1) is 19.8 Å². The number of carbonyl (C=O) groups excluding carboxylic acids is 3. The van der Waals surface area contributed by atoms with Gasteiger partial charge >= 0.3 is 12.1 Å². The Morgan fingerprint density at radius 2 is 1.63 bits per heavy atom. The molecule has 0 saturated heterocycles. The Kier molecular flexibility index (Phi) is 8.52. The Bertz CT molecular complexity index is 1040. The predicted molar refractivity (Wildman–Crippen MR) is 131 cm³/mol. The van der Waals surface area contributed by atoms with Crippen molar-refractivity contribution in [3.8, 4) is 5.75 Å². The molecule has 2 aromatic rings. The summed E-state index contributed by atoms with van der Waals surface area (Å²) in [6, 6.07) is 16.9. The normalized spacial score (nSPS) is 21.3. The van der Waals surface area contributed by atoms with Crippen molar-refractivity contribution in [3.05, 3.63) is 78.4 Å². The van der Waals surface area contributed by atoms with Crippen LogP contribution in [-0.4, -0.2) is 50.9 Å². The molecule has 0 aromatic heterocycles. The first-order valence-corrected chi connectivity index (χ1v) is 11.5. The van der Waals surface area contributed by atoms with Crippen LogP contribution < -0.4 is 15.4 Å². The largest absolute Gasteiger partial charge is 0.496 e. The molecule has 0 bridgehead atoms. The van der Waals surface area contributed by atoms with E-state index in [9.17, 15) is 14.4 Å². The molecule has 186 valence electrons. The molecule has 0 spiro atoms. The van der Waals surface area contributed by atoms with E-state index in [1.165, 1.54) is 20.3 Å². The molecule has 0 radical (unpaired) electrons. The lowest BCUT2D eigenvalue weighted by molar-refractivity contribution is -0.150. The maximum atomic E-state index is 13.0. The first kappa shape index (κ1) is 25.8. The maximum absolute atomic E-state index is 13.0. The van der Waals surface area contributed by atoms with E-state index in [0.717, 1.165) is 5.56 Å². The van der Waals surface area contributed by atoms with E-state index in [2.05, 4.69) is 17.2 Å². The monoisotopic (exact) mass is 480 g/mol. The highest BCUT2D eigenvalue weighted by Crippen LogP contribution is 2.43. The van der Waals surface area contributed by atoms with E-state index in [4.69, 9.17) is 14.2 Å². The zero-order chi connectivity index (χ0) is 25.3. The molecule has 1 aliphatic carbocycles. The van der Waals surface area contributed by atoms with Gasteiger partial charge in [-0.3, -0.25) is 4.79 Å². The standard InChI is InChI=1S/C27H32N2O6/c1-4-18-35-25(32)29-27(24(31)34-3)16-14-26(15-17-27,20-10-6-5-7-11-20)19-28-23(30)21-12-8-9-13-22(21)33-2/h4-13H,1,14-19H2,2-3H3,(H,28,30)(H,29,32)/t26-,27+. The molecule has 35 heavy (non-hydrogen) atoms. The average Bonchev–Trinajstić information content (AvgIpc) is 2.91. The summed E-state index contributed by atoms with van der Waals surface area (Å²) in [5.74, 6) is -0.268. The van der Waals surface area contributed by atoms with Gasteiger partial charge in [0, 0.05) is 12.0 Å². The van der Waals surface area contributed by atoms with Crippen LogP contribution in [0.2, 0.25) is 0 Å². The molecule has 0 unspecified atom stereocenters. The molecule has 0 heterocycles. The van der Waals surface area contributed by atoms with Crippen molar-refractivity contribution in [1.82, 2.24) is 10.6 Å². The number of ether oxygens (including phenoxy) is 3. The van der Waals surface area contributed by atoms with Gasteiger partial charge < -0.3 is 24.8 Å². The zero-order valence-electron chi connectivity index (χ0n) is 20.2. The zero-order valence-corrected chi connectivity index (χ0v) is 20.2. The van der Waals surface area contributed by atoms with Gasteiger partial charge in [-0.25, -0.2) is 9.59 Å². The molecule has 2 N–H and O–H groups in total. The second kappa shape index (κ2) is 11.6. The summed E-state index contributed by atoms with van der Waals surface area (Å²) in [5.41, 5.74) is -0.154. The van der Waals surface area contributed by atoms with E-state index < -0.39 is 23.0 Å². The van der Waals surface area contributed by atoms with Crippen LogP contribution >= 0.6 is 0 Å². The number of methoxy groups -OCH3 is 2. The van der Waals surface area contributed by atoms with Crippen molar-refractivity contribution in [2.45, 2.75) is 36.6 Å². The fourth-order valence-electron chi connectivity index (χ4n) is 4.63. The quantitative estimate of drug-likeness (QED) is 0.419. The molecule has 8 heteroatoms. The third-order valence-corrected chi connectivity index (χ3v) is 6.64. The first-order chi connectivity index (χ1) is 16.9. The van der Waals surface area contributed by atoms with Crippen molar-refractivity contribution >= 4 is 18.0 Å². The topological polar surface area (TPSA) is 103 Å². The lowest BCUT2D eigenvalue weighted by atomic mass is 9.64. The van der Waals surface area contributed by atoms with Crippen LogP contribution in [0.1, 0.15) is 41.6 Å². The minimum absolute atomic E-state index is 0.0337.